The van der Waals surface area contributed by atoms with Crippen LogP contribution >= 0.6 is 23.4 Å². The molecule has 0 aliphatic carbocycles. The number of hydrogen-bond acceptors (Lipinski definition) is 3. The van der Waals surface area contributed by atoms with E-state index in [9.17, 15) is 4.79 Å². The molecule has 0 radical (unpaired) electrons. The molecule has 0 heterocycles. The predicted molar refractivity (Wildman–Crippen MR) is 88.4 cm³/mol. The van der Waals surface area contributed by atoms with Gasteiger partial charge in [0, 0.05) is 15.6 Å². The van der Waals surface area contributed by atoms with Gasteiger partial charge >= 0.3 is 0 Å². The number of thioether (sulfide) groups is 1. The zero-order chi connectivity index (χ0) is 15.2. The summed E-state index contributed by atoms with van der Waals surface area (Å²) in [6.07, 6.45) is 0. The van der Waals surface area contributed by atoms with Crippen molar-refractivity contribution in [3.8, 4) is 5.75 Å². The van der Waals surface area contributed by atoms with E-state index in [1.54, 1.807) is 31.4 Å². The molecule has 1 atom stereocenters. The van der Waals surface area contributed by atoms with Crippen LogP contribution in [0.1, 0.15) is 6.92 Å². The molecule has 1 amide bonds. The third-order valence-corrected chi connectivity index (χ3v) is 4.22. The van der Waals surface area contributed by atoms with E-state index in [0.29, 0.717) is 5.02 Å². The summed E-state index contributed by atoms with van der Waals surface area (Å²) in [6, 6.07) is 14.7. The molecule has 2 aromatic rings. The molecule has 1 N–H and O–H groups in total. The second kappa shape index (κ2) is 7.38. The van der Waals surface area contributed by atoms with E-state index in [1.165, 1.54) is 11.8 Å². The number of amides is 1. The van der Waals surface area contributed by atoms with Gasteiger partial charge in [0.1, 0.15) is 5.75 Å². The van der Waals surface area contributed by atoms with Crippen LogP contribution in [0.3, 0.4) is 0 Å². The topological polar surface area (TPSA) is 38.3 Å². The standard InChI is InChI=1S/C16H16ClNO2S/c1-11(21-15-9-7-14(20-2)8-10-15)16(19)18-13-5-3-12(17)4-6-13/h3-11H,1-2H3,(H,18,19)/t11-/m0/s1. The Bertz CT molecular complexity index is 599. The fraction of sp³-hybridized carbons (Fsp3) is 0.188. The van der Waals surface area contributed by atoms with Crippen LogP contribution < -0.4 is 10.1 Å². The summed E-state index contributed by atoms with van der Waals surface area (Å²) in [4.78, 5) is 13.2. The third-order valence-electron chi connectivity index (χ3n) is 2.85. The number of methoxy groups -OCH3 is 1. The zero-order valence-electron chi connectivity index (χ0n) is 11.8. The third kappa shape index (κ3) is 4.69. The second-order valence-electron chi connectivity index (χ2n) is 4.43. The van der Waals surface area contributed by atoms with Gasteiger partial charge in [0.15, 0.2) is 0 Å². The molecule has 5 heteroatoms. The highest BCUT2D eigenvalue weighted by molar-refractivity contribution is 8.00. The first-order chi connectivity index (χ1) is 10.1. The number of nitrogens with one attached hydrogen (secondary N) is 1. The van der Waals surface area contributed by atoms with Crippen molar-refractivity contribution in [1.82, 2.24) is 0 Å². The first-order valence-corrected chi connectivity index (χ1v) is 7.71. The molecule has 110 valence electrons. The van der Waals surface area contributed by atoms with E-state index in [2.05, 4.69) is 5.32 Å². The smallest absolute Gasteiger partial charge is 0.237 e. The summed E-state index contributed by atoms with van der Waals surface area (Å²) in [7, 11) is 1.63. The van der Waals surface area contributed by atoms with Crippen LogP contribution in [0.4, 0.5) is 5.69 Å². The molecule has 21 heavy (non-hydrogen) atoms. The van der Waals surface area contributed by atoms with Gasteiger partial charge in [0.25, 0.3) is 0 Å². The minimum absolute atomic E-state index is 0.0434. The molecule has 2 rings (SSSR count). The monoisotopic (exact) mass is 321 g/mol. The molecular formula is C16H16ClNO2S. The van der Waals surface area contributed by atoms with Gasteiger partial charge in [-0.15, -0.1) is 11.8 Å². The van der Waals surface area contributed by atoms with E-state index in [0.717, 1.165) is 16.3 Å². The Morgan fingerprint density at radius 1 is 1.14 bits per heavy atom. The van der Waals surface area contributed by atoms with Crippen LogP contribution in [-0.2, 0) is 4.79 Å². The fourth-order valence-corrected chi connectivity index (χ4v) is 2.68. The lowest BCUT2D eigenvalue weighted by molar-refractivity contribution is -0.115. The van der Waals surface area contributed by atoms with Crippen molar-refractivity contribution in [1.29, 1.82) is 0 Å². The summed E-state index contributed by atoms with van der Waals surface area (Å²) in [5.74, 6) is 0.760. The SMILES string of the molecule is COc1ccc(S[C@@H](C)C(=O)Nc2ccc(Cl)cc2)cc1. The summed E-state index contributed by atoms with van der Waals surface area (Å²) in [6.45, 7) is 1.88. The summed E-state index contributed by atoms with van der Waals surface area (Å²) < 4.78 is 5.11. The molecule has 0 saturated carbocycles. The van der Waals surface area contributed by atoms with Crippen molar-refractivity contribution < 1.29 is 9.53 Å². The number of rotatable bonds is 5. The maximum absolute atomic E-state index is 12.1. The van der Waals surface area contributed by atoms with Crippen LogP contribution in [0.2, 0.25) is 5.02 Å². The minimum Gasteiger partial charge on any atom is -0.497 e. The lowest BCUT2D eigenvalue weighted by atomic mass is 10.3. The Kier molecular flexibility index (Phi) is 5.53. The van der Waals surface area contributed by atoms with Crippen molar-refractivity contribution in [2.24, 2.45) is 0 Å². The number of halogens is 1. The summed E-state index contributed by atoms with van der Waals surface area (Å²) in [5.41, 5.74) is 0.742. The van der Waals surface area contributed by atoms with Gasteiger partial charge in [-0.3, -0.25) is 4.79 Å². The summed E-state index contributed by atoms with van der Waals surface area (Å²) in [5, 5.41) is 3.32. The Labute approximate surface area is 133 Å². The minimum atomic E-state index is -0.200. The molecule has 0 aliphatic heterocycles. The van der Waals surface area contributed by atoms with Crippen LogP contribution in [0.25, 0.3) is 0 Å². The van der Waals surface area contributed by atoms with E-state index < -0.39 is 0 Å². The van der Waals surface area contributed by atoms with Crippen molar-refractivity contribution in [3.05, 3.63) is 53.6 Å². The van der Waals surface area contributed by atoms with Gasteiger partial charge in [-0.05, 0) is 55.5 Å². The zero-order valence-corrected chi connectivity index (χ0v) is 13.4. The molecule has 0 spiro atoms. The fourth-order valence-electron chi connectivity index (χ4n) is 1.69. The van der Waals surface area contributed by atoms with Gasteiger partial charge in [-0.1, -0.05) is 11.6 Å². The maximum atomic E-state index is 12.1. The first kappa shape index (κ1) is 15.7. The van der Waals surface area contributed by atoms with Gasteiger partial charge < -0.3 is 10.1 Å². The molecule has 2 aromatic carbocycles. The molecule has 0 unspecified atom stereocenters. The predicted octanol–water partition coefficient (Wildman–Crippen LogP) is 4.47. The molecule has 0 aromatic heterocycles. The van der Waals surface area contributed by atoms with E-state index >= 15 is 0 Å². The van der Waals surface area contributed by atoms with Crippen molar-refractivity contribution in [3.63, 3.8) is 0 Å². The highest BCUT2D eigenvalue weighted by Gasteiger charge is 2.14. The van der Waals surface area contributed by atoms with Crippen LogP contribution in [0.15, 0.2) is 53.4 Å². The number of carbonyl (C=O) groups excluding carboxylic acids is 1. The molecule has 0 aliphatic rings. The molecule has 0 saturated heterocycles. The number of benzene rings is 2. The highest BCUT2D eigenvalue weighted by atomic mass is 35.5. The Morgan fingerprint density at radius 2 is 1.76 bits per heavy atom. The summed E-state index contributed by atoms with van der Waals surface area (Å²) >= 11 is 7.32. The Balaban J connectivity index is 1.93. The van der Waals surface area contributed by atoms with E-state index in [4.69, 9.17) is 16.3 Å². The average Bonchev–Trinajstić information content (AvgIpc) is 2.50. The van der Waals surface area contributed by atoms with Gasteiger partial charge in [0.05, 0.1) is 12.4 Å². The largest absolute Gasteiger partial charge is 0.497 e. The number of hydrogen-bond donors (Lipinski definition) is 1. The van der Waals surface area contributed by atoms with Crippen LogP contribution in [-0.4, -0.2) is 18.3 Å². The van der Waals surface area contributed by atoms with Gasteiger partial charge in [-0.25, -0.2) is 0 Å². The van der Waals surface area contributed by atoms with Gasteiger partial charge in [-0.2, -0.15) is 0 Å². The van der Waals surface area contributed by atoms with Crippen molar-refractivity contribution in [2.75, 3.05) is 12.4 Å². The van der Waals surface area contributed by atoms with Crippen LogP contribution in [0, 0.1) is 0 Å². The Hall–Kier alpha value is -1.65. The maximum Gasteiger partial charge on any atom is 0.237 e. The van der Waals surface area contributed by atoms with E-state index in [-0.39, 0.29) is 11.2 Å². The highest BCUT2D eigenvalue weighted by Crippen LogP contribution is 2.26. The van der Waals surface area contributed by atoms with Gasteiger partial charge in [0.2, 0.25) is 5.91 Å². The molecule has 0 bridgehead atoms. The quantitative estimate of drug-likeness (QED) is 0.826. The first-order valence-electron chi connectivity index (χ1n) is 6.45. The Morgan fingerprint density at radius 3 is 2.33 bits per heavy atom. The number of carbonyl (C=O) groups is 1. The number of anilines is 1. The van der Waals surface area contributed by atoms with Crippen molar-refractivity contribution >= 4 is 35.0 Å². The average molecular weight is 322 g/mol. The van der Waals surface area contributed by atoms with E-state index in [1.807, 2.05) is 31.2 Å². The second-order valence-corrected chi connectivity index (χ2v) is 6.28. The molecule has 3 nitrogen and oxygen atoms in total. The number of ether oxygens (including phenoxy) is 1. The lowest BCUT2D eigenvalue weighted by Gasteiger charge is -2.12. The lowest BCUT2D eigenvalue weighted by Crippen LogP contribution is -2.22. The van der Waals surface area contributed by atoms with Crippen LogP contribution in [0.5, 0.6) is 5.75 Å². The molecule has 0 fully saturated rings. The normalized spacial score (nSPS) is 11.8. The van der Waals surface area contributed by atoms with Crippen molar-refractivity contribution in [2.45, 2.75) is 17.1 Å². The molecular weight excluding hydrogens is 306 g/mol.